The largest absolute Gasteiger partial charge is 0.467 e. The molecule has 0 bridgehead atoms. The lowest BCUT2D eigenvalue weighted by Gasteiger charge is -2.21. The average molecular weight is 328 g/mol. The summed E-state index contributed by atoms with van der Waals surface area (Å²) in [5, 5.41) is 15.7. The second kappa shape index (κ2) is 8.02. The van der Waals surface area contributed by atoms with Crippen LogP contribution < -0.4 is 10.6 Å². The van der Waals surface area contributed by atoms with E-state index >= 15 is 0 Å². The Kier molecular flexibility index (Phi) is 5.54. The highest BCUT2D eigenvalue weighted by molar-refractivity contribution is 5.74. The molecule has 3 atom stereocenters. The fourth-order valence-corrected chi connectivity index (χ4v) is 3.38. The highest BCUT2D eigenvalue weighted by atomic mass is 16.4. The van der Waals surface area contributed by atoms with Crippen LogP contribution >= 0.6 is 0 Å². The maximum absolute atomic E-state index is 12.1. The lowest BCUT2D eigenvalue weighted by Crippen LogP contribution is -2.45. The van der Waals surface area contributed by atoms with E-state index in [0.717, 1.165) is 25.7 Å². The highest BCUT2D eigenvalue weighted by Gasteiger charge is 2.28. The number of aliphatic hydroxyl groups is 1. The van der Waals surface area contributed by atoms with Crippen LogP contribution in [0.5, 0.6) is 0 Å². The third kappa shape index (κ3) is 4.38. The molecule has 1 aromatic heterocycles. The average Bonchev–Trinajstić information content (AvgIpc) is 3.26. The van der Waals surface area contributed by atoms with E-state index < -0.39 is 6.10 Å². The molecule has 128 valence electrons. The van der Waals surface area contributed by atoms with E-state index in [2.05, 4.69) is 34.9 Å². The van der Waals surface area contributed by atoms with Crippen molar-refractivity contribution in [2.24, 2.45) is 5.92 Å². The second-order valence-corrected chi connectivity index (χ2v) is 6.37. The molecule has 2 amide bonds. The van der Waals surface area contributed by atoms with Gasteiger partial charge in [-0.2, -0.15) is 0 Å². The molecule has 1 saturated carbocycles. The topological polar surface area (TPSA) is 74.5 Å². The molecule has 3 rings (SSSR count). The first kappa shape index (κ1) is 16.6. The van der Waals surface area contributed by atoms with Gasteiger partial charge >= 0.3 is 6.03 Å². The molecule has 5 nitrogen and oxygen atoms in total. The van der Waals surface area contributed by atoms with Crippen molar-refractivity contribution in [3.8, 4) is 0 Å². The molecule has 1 fully saturated rings. The maximum atomic E-state index is 12.1. The van der Waals surface area contributed by atoms with Crippen LogP contribution in [0, 0.1) is 5.92 Å². The van der Waals surface area contributed by atoms with Crippen molar-refractivity contribution >= 4 is 6.03 Å². The molecule has 1 heterocycles. The zero-order valence-electron chi connectivity index (χ0n) is 13.7. The van der Waals surface area contributed by atoms with Gasteiger partial charge in [0.2, 0.25) is 0 Å². The summed E-state index contributed by atoms with van der Waals surface area (Å²) in [4.78, 5) is 12.1. The summed E-state index contributed by atoms with van der Waals surface area (Å²) in [5.74, 6) is 0.922. The third-order valence-electron chi connectivity index (χ3n) is 4.64. The molecule has 0 spiro atoms. The standard InChI is InChI=1S/C19H24N2O3/c22-17(18-10-5-11-24-18)13-20-19(23)21-16-9-4-8-15(16)12-14-6-2-1-3-7-14/h1-3,5-7,10-11,15-17,22H,4,8-9,12-13H2,(H2,20,21,23). The first-order valence-corrected chi connectivity index (χ1v) is 8.52. The summed E-state index contributed by atoms with van der Waals surface area (Å²) in [5.41, 5.74) is 1.31. The number of hydrogen-bond donors (Lipinski definition) is 3. The van der Waals surface area contributed by atoms with Gasteiger partial charge in [-0.15, -0.1) is 0 Å². The van der Waals surface area contributed by atoms with Crippen LogP contribution in [0.25, 0.3) is 0 Å². The number of rotatable bonds is 6. The normalized spacial score (nSPS) is 21.4. The molecule has 2 aromatic rings. The van der Waals surface area contributed by atoms with Crippen molar-refractivity contribution in [2.45, 2.75) is 37.8 Å². The van der Waals surface area contributed by atoms with Gasteiger partial charge in [-0.05, 0) is 42.9 Å². The highest BCUT2D eigenvalue weighted by Crippen LogP contribution is 2.28. The van der Waals surface area contributed by atoms with Crippen molar-refractivity contribution in [3.05, 3.63) is 60.1 Å². The van der Waals surface area contributed by atoms with Crippen molar-refractivity contribution in [2.75, 3.05) is 6.54 Å². The van der Waals surface area contributed by atoms with Gasteiger partial charge < -0.3 is 20.2 Å². The van der Waals surface area contributed by atoms with Crippen molar-refractivity contribution in [1.82, 2.24) is 10.6 Å². The van der Waals surface area contributed by atoms with E-state index in [9.17, 15) is 9.90 Å². The number of urea groups is 1. The molecule has 0 radical (unpaired) electrons. The SMILES string of the molecule is O=C(NCC(O)c1ccco1)NC1CCCC1Cc1ccccc1. The number of carbonyl (C=O) groups excluding carboxylic acids is 1. The van der Waals surface area contributed by atoms with Crippen LogP contribution in [-0.2, 0) is 6.42 Å². The van der Waals surface area contributed by atoms with Gasteiger partial charge in [-0.3, -0.25) is 0 Å². The predicted molar refractivity (Wildman–Crippen MR) is 91.5 cm³/mol. The lowest BCUT2D eigenvalue weighted by atomic mass is 9.95. The third-order valence-corrected chi connectivity index (χ3v) is 4.64. The van der Waals surface area contributed by atoms with E-state index in [1.165, 1.54) is 11.8 Å². The summed E-state index contributed by atoms with van der Waals surface area (Å²) >= 11 is 0. The van der Waals surface area contributed by atoms with Gasteiger partial charge in [0.1, 0.15) is 11.9 Å². The number of aliphatic hydroxyl groups excluding tert-OH is 1. The van der Waals surface area contributed by atoms with E-state index in [1.54, 1.807) is 12.1 Å². The Morgan fingerprint density at radius 2 is 2.04 bits per heavy atom. The zero-order chi connectivity index (χ0) is 16.8. The van der Waals surface area contributed by atoms with Crippen LogP contribution in [0.15, 0.2) is 53.1 Å². The van der Waals surface area contributed by atoms with Crippen molar-refractivity contribution in [3.63, 3.8) is 0 Å². The van der Waals surface area contributed by atoms with Crippen LogP contribution in [0.4, 0.5) is 4.79 Å². The molecular formula is C19H24N2O3. The molecule has 1 aliphatic rings. The Bertz CT molecular complexity index is 627. The van der Waals surface area contributed by atoms with E-state index in [1.807, 2.05) is 6.07 Å². The van der Waals surface area contributed by atoms with Gasteiger partial charge in [-0.25, -0.2) is 4.79 Å². The van der Waals surface area contributed by atoms with E-state index in [-0.39, 0.29) is 18.6 Å². The Morgan fingerprint density at radius 1 is 1.21 bits per heavy atom. The minimum absolute atomic E-state index is 0.134. The number of amides is 2. The van der Waals surface area contributed by atoms with E-state index in [0.29, 0.717) is 11.7 Å². The molecule has 1 aromatic carbocycles. The number of hydrogen-bond acceptors (Lipinski definition) is 3. The lowest BCUT2D eigenvalue weighted by molar-refractivity contribution is 0.147. The zero-order valence-corrected chi connectivity index (χ0v) is 13.7. The Labute approximate surface area is 142 Å². The van der Waals surface area contributed by atoms with Gasteiger partial charge in [0.05, 0.1) is 12.8 Å². The Balaban J connectivity index is 1.46. The van der Waals surface area contributed by atoms with Crippen LogP contribution in [0.3, 0.4) is 0 Å². The fourth-order valence-electron chi connectivity index (χ4n) is 3.38. The molecule has 0 saturated heterocycles. The number of benzene rings is 1. The second-order valence-electron chi connectivity index (χ2n) is 6.37. The molecule has 0 aliphatic heterocycles. The van der Waals surface area contributed by atoms with Gasteiger partial charge in [0.25, 0.3) is 0 Å². The molecular weight excluding hydrogens is 304 g/mol. The summed E-state index contributed by atoms with van der Waals surface area (Å²) in [7, 11) is 0. The van der Waals surface area contributed by atoms with Crippen molar-refractivity contribution in [1.29, 1.82) is 0 Å². The molecule has 3 unspecified atom stereocenters. The van der Waals surface area contributed by atoms with Gasteiger partial charge in [0.15, 0.2) is 0 Å². The Hall–Kier alpha value is -2.27. The molecule has 3 N–H and O–H groups in total. The minimum atomic E-state index is -0.825. The summed E-state index contributed by atoms with van der Waals surface area (Å²) in [6, 6.07) is 13.8. The summed E-state index contributed by atoms with van der Waals surface area (Å²) < 4.78 is 5.12. The number of carbonyl (C=O) groups is 1. The van der Waals surface area contributed by atoms with Crippen LogP contribution in [0.2, 0.25) is 0 Å². The monoisotopic (exact) mass is 328 g/mol. The Morgan fingerprint density at radius 3 is 2.79 bits per heavy atom. The molecule has 24 heavy (non-hydrogen) atoms. The number of nitrogens with one attached hydrogen (secondary N) is 2. The smallest absolute Gasteiger partial charge is 0.315 e. The van der Waals surface area contributed by atoms with Gasteiger partial charge in [-0.1, -0.05) is 36.8 Å². The fraction of sp³-hybridized carbons (Fsp3) is 0.421. The van der Waals surface area contributed by atoms with Crippen LogP contribution in [0.1, 0.15) is 36.7 Å². The quantitative estimate of drug-likeness (QED) is 0.763. The minimum Gasteiger partial charge on any atom is -0.467 e. The van der Waals surface area contributed by atoms with Crippen LogP contribution in [-0.4, -0.2) is 23.7 Å². The predicted octanol–water partition coefficient (Wildman–Crippen LogP) is 3.02. The molecule has 5 heteroatoms. The summed E-state index contributed by atoms with van der Waals surface area (Å²) in [6.45, 7) is 0.134. The van der Waals surface area contributed by atoms with E-state index in [4.69, 9.17) is 4.42 Å². The molecule has 1 aliphatic carbocycles. The first-order chi connectivity index (χ1) is 11.7. The first-order valence-electron chi connectivity index (χ1n) is 8.52. The maximum Gasteiger partial charge on any atom is 0.315 e. The number of furan rings is 1. The summed E-state index contributed by atoms with van der Waals surface area (Å²) in [6.07, 6.45) is 4.94. The van der Waals surface area contributed by atoms with Crippen molar-refractivity contribution < 1.29 is 14.3 Å². The van der Waals surface area contributed by atoms with Gasteiger partial charge in [0, 0.05) is 6.04 Å².